The van der Waals surface area contributed by atoms with Crippen LogP contribution in [0.3, 0.4) is 0 Å². The SMILES string of the molecule is CC(ON1C(C)(C)CC2(CC1(C)C)OCC(C)(C)CO2)c1ccccc1. The average molecular weight is 362 g/mol. The van der Waals surface area contributed by atoms with Gasteiger partial charge in [0.2, 0.25) is 0 Å². The Morgan fingerprint density at radius 1 is 0.885 bits per heavy atom. The van der Waals surface area contributed by atoms with Gasteiger partial charge in [0.25, 0.3) is 0 Å². The lowest BCUT2D eigenvalue weighted by atomic mass is 9.77. The van der Waals surface area contributed by atoms with Crippen molar-refractivity contribution in [2.24, 2.45) is 5.41 Å². The van der Waals surface area contributed by atoms with E-state index in [-0.39, 0.29) is 22.6 Å². The molecule has 1 aromatic carbocycles. The standard InChI is InChI=1S/C22H35NO3/c1-17(18-11-9-8-10-12-18)26-23-20(4,5)13-22(14-21(23,6)7)24-15-19(2,3)16-25-22/h8-12,17H,13-16H2,1-7H3. The summed E-state index contributed by atoms with van der Waals surface area (Å²) in [5, 5.41) is 2.18. The van der Waals surface area contributed by atoms with Crippen LogP contribution in [-0.2, 0) is 14.3 Å². The molecule has 0 radical (unpaired) electrons. The van der Waals surface area contributed by atoms with E-state index in [2.05, 4.69) is 77.8 Å². The summed E-state index contributed by atoms with van der Waals surface area (Å²) in [7, 11) is 0. The number of hydroxylamine groups is 2. The number of benzene rings is 1. The van der Waals surface area contributed by atoms with Crippen molar-refractivity contribution in [1.29, 1.82) is 0 Å². The van der Waals surface area contributed by atoms with Crippen LogP contribution < -0.4 is 0 Å². The van der Waals surface area contributed by atoms with Crippen molar-refractivity contribution in [2.75, 3.05) is 13.2 Å². The molecule has 4 nitrogen and oxygen atoms in total. The van der Waals surface area contributed by atoms with Gasteiger partial charge in [-0.05, 0) is 40.2 Å². The van der Waals surface area contributed by atoms with Crippen molar-refractivity contribution in [3.05, 3.63) is 35.9 Å². The van der Waals surface area contributed by atoms with E-state index in [0.717, 1.165) is 26.1 Å². The van der Waals surface area contributed by atoms with Gasteiger partial charge in [-0.25, -0.2) is 0 Å². The van der Waals surface area contributed by atoms with Crippen LogP contribution in [0.4, 0.5) is 0 Å². The third-order valence-corrected chi connectivity index (χ3v) is 5.49. The molecule has 1 aromatic rings. The number of piperidine rings is 1. The lowest BCUT2D eigenvalue weighted by molar-refractivity contribution is -0.387. The Kier molecular flexibility index (Phi) is 5.02. The fourth-order valence-electron chi connectivity index (χ4n) is 4.51. The highest BCUT2D eigenvalue weighted by Gasteiger charge is 2.57. The zero-order valence-electron chi connectivity index (χ0n) is 17.5. The first-order valence-electron chi connectivity index (χ1n) is 9.75. The summed E-state index contributed by atoms with van der Waals surface area (Å²) >= 11 is 0. The minimum atomic E-state index is -0.516. The number of hydrogen-bond acceptors (Lipinski definition) is 4. The second kappa shape index (κ2) is 6.59. The monoisotopic (exact) mass is 361 g/mol. The first-order valence-corrected chi connectivity index (χ1v) is 9.75. The molecule has 0 aromatic heterocycles. The predicted octanol–water partition coefficient (Wildman–Crippen LogP) is 5.10. The maximum absolute atomic E-state index is 6.51. The van der Waals surface area contributed by atoms with Crippen molar-refractivity contribution in [3.63, 3.8) is 0 Å². The van der Waals surface area contributed by atoms with Gasteiger partial charge in [0.15, 0.2) is 5.79 Å². The predicted molar refractivity (Wildman–Crippen MR) is 104 cm³/mol. The quantitative estimate of drug-likeness (QED) is 0.749. The van der Waals surface area contributed by atoms with E-state index >= 15 is 0 Å². The summed E-state index contributed by atoms with van der Waals surface area (Å²) in [4.78, 5) is 6.51. The van der Waals surface area contributed by atoms with Gasteiger partial charge < -0.3 is 9.47 Å². The summed E-state index contributed by atoms with van der Waals surface area (Å²) in [5.74, 6) is -0.516. The molecular formula is C22H35NO3. The first-order chi connectivity index (χ1) is 11.9. The molecule has 4 heteroatoms. The summed E-state index contributed by atoms with van der Waals surface area (Å²) in [6.45, 7) is 16.9. The zero-order chi connectivity index (χ0) is 19.2. The summed E-state index contributed by atoms with van der Waals surface area (Å²) in [6, 6.07) is 10.4. The molecule has 146 valence electrons. The molecule has 0 saturated carbocycles. The number of ether oxygens (including phenoxy) is 2. The third kappa shape index (κ3) is 3.99. The zero-order valence-corrected chi connectivity index (χ0v) is 17.5. The Hall–Kier alpha value is -0.940. The number of nitrogens with zero attached hydrogens (tertiary/aromatic N) is 1. The second-order valence-corrected chi connectivity index (χ2v) is 10.1. The smallest absolute Gasteiger partial charge is 0.171 e. The molecule has 1 unspecified atom stereocenters. The van der Waals surface area contributed by atoms with Crippen molar-refractivity contribution < 1.29 is 14.3 Å². The van der Waals surface area contributed by atoms with Gasteiger partial charge in [0, 0.05) is 29.3 Å². The summed E-state index contributed by atoms with van der Waals surface area (Å²) in [5.41, 5.74) is 0.861. The summed E-state index contributed by atoms with van der Waals surface area (Å²) in [6.07, 6.45) is 1.58. The second-order valence-electron chi connectivity index (χ2n) is 10.1. The molecule has 0 N–H and O–H groups in total. The highest BCUT2D eigenvalue weighted by molar-refractivity contribution is 5.17. The third-order valence-electron chi connectivity index (χ3n) is 5.49. The van der Waals surface area contributed by atoms with E-state index in [1.54, 1.807) is 0 Å². The van der Waals surface area contributed by atoms with Gasteiger partial charge in [-0.2, -0.15) is 5.06 Å². The van der Waals surface area contributed by atoms with E-state index in [9.17, 15) is 0 Å². The molecule has 26 heavy (non-hydrogen) atoms. The van der Waals surface area contributed by atoms with Gasteiger partial charge in [0.05, 0.1) is 13.2 Å². The fourth-order valence-corrected chi connectivity index (χ4v) is 4.51. The Labute approximate surface area is 158 Å². The van der Waals surface area contributed by atoms with Crippen LogP contribution >= 0.6 is 0 Å². The van der Waals surface area contributed by atoms with Crippen LogP contribution in [0.1, 0.15) is 73.0 Å². The number of hydrogen-bond donors (Lipinski definition) is 0. The molecular weight excluding hydrogens is 326 g/mol. The van der Waals surface area contributed by atoms with E-state index in [0.29, 0.717) is 0 Å². The lowest BCUT2D eigenvalue weighted by Gasteiger charge is -2.59. The van der Waals surface area contributed by atoms with Crippen molar-refractivity contribution in [1.82, 2.24) is 5.06 Å². The molecule has 2 aliphatic rings. The van der Waals surface area contributed by atoms with Crippen LogP contribution in [0.15, 0.2) is 30.3 Å². The highest BCUT2D eigenvalue weighted by atomic mass is 16.7. The maximum Gasteiger partial charge on any atom is 0.171 e. The van der Waals surface area contributed by atoms with Gasteiger partial charge in [-0.15, -0.1) is 0 Å². The first kappa shape index (κ1) is 19.8. The van der Waals surface area contributed by atoms with Gasteiger partial charge in [-0.3, -0.25) is 4.84 Å². The van der Waals surface area contributed by atoms with Gasteiger partial charge in [-0.1, -0.05) is 44.2 Å². The van der Waals surface area contributed by atoms with Crippen molar-refractivity contribution >= 4 is 0 Å². The minimum absolute atomic E-state index is 0.00377. The largest absolute Gasteiger partial charge is 0.349 e. The van der Waals surface area contributed by atoms with Crippen LogP contribution in [0.25, 0.3) is 0 Å². The number of rotatable bonds is 3. The Morgan fingerprint density at radius 3 is 1.88 bits per heavy atom. The molecule has 1 atom stereocenters. The van der Waals surface area contributed by atoms with Crippen LogP contribution in [-0.4, -0.2) is 35.1 Å². The topological polar surface area (TPSA) is 30.9 Å². The van der Waals surface area contributed by atoms with Crippen molar-refractivity contribution in [2.45, 2.75) is 84.3 Å². The molecule has 3 rings (SSSR count). The molecule has 2 fully saturated rings. The van der Waals surface area contributed by atoms with Crippen molar-refractivity contribution in [3.8, 4) is 0 Å². The molecule has 0 aliphatic carbocycles. The molecule has 0 bridgehead atoms. The Bertz CT molecular complexity index is 594. The van der Waals surface area contributed by atoms with Crippen LogP contribution in [0.2, 0.25) is 0 Å². The Morgan fingerprint density at radius 2 is 1.38 bits per heavy atom. The Balaban J connectivity index is 1.79. The van der Waals surface area contributed by atoms with Crippen LogP contribution in [0.5, 0.6) is 0 Å². The van der Waals surface area contributed by atoms with E-state index in [1.807, 2.05) is 6.07 Å². The maximum atomic E-state index is 6.51. The van der Waals surface area contributed by atoms with E-state index in [1.165, 1.54) is 5.56 Å². The highest BCUT2D eigenvalue weighted by Crippen LogP contribution is 2.49. The molecule has 0 amide bonds. The fraction of sp³-hybridized carbons (Fsp3) is 0.727. The molecule has 2 heterocycles. The van der Waals surface area contributed by atoms with Crippen LogP contribution in [0, 0.1) is 5.41 Å². The minimum Gasteiger partial charge on any atom is -0.349 e. The van der Waals surface area contributed by atoms with Gasteiger partial charge in [0.1, 0.15) is 6.10 Å². The lowest BCUT2D eigenvalue weighted by Crippen LogP contribution is -2.68. The molecule has 2 aliphatic heterocycles. The van der Waals surface area contributed by atoms with E-state index in [4.69, 9.17) is 14.3 Å². The normalized spacial score (nSPS) is 28.0. The summed E-state index contributed by atoms with van der Waals surface area (Å²) < 4.78 is 12.7. The van der Waals surface area contributed by atoms with E-state index < -0.39 is 5.79 Å². The molecule has 2 saturated heterocycles. The van der Waals surface area contributed by atoms with Gasteiger partial charge >= 0.3 is 0 Å². The average Bonchev–Trinajstić information content (AvgIpc) is 2.54. The molecule has 1 spiro atoms.